The molecule has 1 aliphatic rings. The smallest absolute Gasteiger partial charge is 0.305 e. The third-order valence-corrected chi connectivity index (χ3v) is 4.54. The summed E-state index contributed by atoms with van der Waals surface area (Å²) >= 11 is 0. The molecule has 1 aromatic carbocycles. The van der Waals surface area contributed by atoms with Crippen LogP contribution in [0.25, 0.3) is 0 Å². The van der Waals surface area contributed by atoms with E-state index in [-0.39, 0.29) is 24.8 Å². The molecule has 0 fully saturated rings. The minimum Gasteiger partial charge on any atom is -0.481 e. The van der Waals surface area contributed by atoms with E-state index in [2.05, 4.69) is 11.4 Å². The molecule has 0 bridgehead atoms. The van der Waals surface area contributed by atoms with Gasteiger partial charge in [-0.05, 0) is 30.9 Å². The van der Waals surface area contributed by atoms with E-state index in [1.165, 1.54) is 5.56 Å². The van der Waals surface area contributed by atoms with Crippen molar-refractivity contribution in [1.29, 1.82) is 0 Å². The first-order valence-corrected chi connectivity index (χ1v) is 7.67. The molecule has 0 aromatic heterocycles. The minimum absolute atomic E-state index is 0.0402. The molecule has 1 heterocycles. The van der Waals surface area contributed by atoms with E-state index >= 15 is 0 Å². The number of rotatable bonds is 6. The second kappa shape index (κ2) is 6.38. The maximum atomic E-state index is 12.4. The number of hydrogen-bond acceptors (Lipinski definition) is 3. The number of anilines is 1. The van der Waals surface area contributed by atoms with Crippen LogP contribution >= 0.6 is 0 Å². The molecule has 2 N–H and O–H groups in total. The van der Waals surface area contributed by atoms with Crippen molar-refractivity contribution in [3.63, 3.8) is 0 Å². The molecule has 5 nitrogen and oxygen atoms in total. The highest BCUT2D eigenvalue weighted by atomic mass is 16.4. The van der Waals surface area contributed by atoms with Gasteiger partial charge in [-0.15, -0.1) is 0 Å². The predicted octanol–water partition coefficient (Wildman–Crippen LogP) is 2.05. The van der Waals surface area contributed by atoms with Crippen LogP contribution in [0.4, 0.5) is 5.69 Å². The van der Waals surface area contributed by atoms with Crippen LogP contribution in [0.2, 0.25) is 0 Å². The van der Waals surface area contributed by atoms with Crippen molar-refractivity contribution in [3.05, 3.63) is 29.8 Å². The minimum atomic E-state index is -0.900. The van der Waals surface area contributed by atoms with Gasteiger partial charge >= 0.3 is 5.97 Å². The first-order valence-electron chi connectivity index (χ1n) is 7.67. The largest absolute Gasteiger partial charge is 0.481 e. The van der Waals surface area contributed by atoms with Gasteiger partial charge in [0.25, 0.3) is 0 Å². The molecule has 1 atom stereocenters. The number of amides is 1. The number of nitrogens with zero attached hydrogens (tertiary/aromatic N) is 1. The Labute approximate surface area is 131 Å². The molecular weight excluding hydrogens is 280 g/mol. The number of carboxylic acids is 1. The van der Waals surface area contributed by atoms with Crippen molar-refractivity contribution in [2.75, 3.05) is 18.0 Å². The van der Waals surface area contributed by atoms with Crippen molar-refractivity contribution in [1.82, 2.24) is 5.32 Å². The number of carbonyl (C=O) groups is 2. The summed E-state index contributed by atoms with van der Waals surface area (Å²) in [6, 6.07) is 8.08. The monoisotopic (exact) mass is 304 g/mol. The fourth-order valence-electron chi connectivity index (χ4n) is 2.81. The second-order valence-corrected chi connectivity index (χ2v) is 6.49. The Balaban J connectivity index is 2.02. The summed E-state index contributed by atoms with van der Waals surface area (Å²) < 4.78 is 0. The SMILES string of the molecule is CC(C)C(C)(CC(=O)O)NC(=O)CN1CCc2ccccc21. The van der Waals surface area contributed by atoms with Crippen molar-refractivity contribution < 1.29 is 14.7 Å². The standard InChI is InChI=1S/C17H24N2O3/c1-12(2)17(3,10-16(21)22)18-15(20)11-19-9-8-13-6-4-5-7-14(13)19/h4-7,12H,8-11H2,1-3H3,(H,18,20)(H,21,22). The molecule has 0 saturated carbocycles. The van der Waals surface area contributed by atoms with Crippen molar-refractivity contribution in [2.45, 2.75) is 39.2 Å². The molecule has 1 aliphatic heterocycles. The van der Waals surface area contributed by atoms with Gasteiger partial charge in [-0.25, -0.2) is 0 Å². The van der Waals surface area contributed by atoms with Gasteiger partial charge in [0.1, 0.15) is 0 Å². The zero-order valence-electron chi connectivity index (χ0n) is 13.4. The molecule has 0 aliphatic carbocycles. The number of nitrogens with one attached hydrogen (secondary N) is 1. The van der Waals surface area contributed by atoms with Crippen molar-refractivity contribution >= 4 is 17.6 Å². The summed E-state index contributed by atoms with van der Waals surface area (Å²) in [4.78, 5) is 25.5. The van der Waals surface area contributed by atoms with E-state index in [0.29, 0.717) is 0 Å². The highest BCUT2D eigenvalue weighted by Gasteiger charge is 2.33. The number of hydrogen-bond donors (Lipinski definition) is 2. The Kier molecular flexibility index (Phi) is 4.74. The summed E-state index contributed by atoms with van der Waals surface area (Å²) in [5.74, 6) is -0.990. The van der Waals surface area contributed by atoms with Gasteiger partial charge in [0.05, 0.1) is 18.5 Å². The fourth-order valence-corrected chi connectivity index (χ4v) is 2.81. The van der Waals surface area contributed by atoms with E-state index in [1.54, 1.807) is 6.92 Å². The number of fused-ring (bicyclic) bond motifs is 1. The van der Waals surface area contributed by atoms with Gasteiger partial charge in [0.15, 0.2) is 0 Å². The molecule has 1 unspecified atom stereocenters. The molecule has 0 saturated heterocycles. The predicted molar refractivity (Wildman–Crippen MR) is 86.0 cm³/mol. The van der Waals surface area contributed by atoms with Gasteiger partial charge in [-0.1, -0.05) is 32.0 Å². The zero-order chi connectivity index (χ0) is 16.3. The molecule has 5 heteroatoms. The van der Waals surface area contributed by atoms with Gasteiger partial charge in [-0.3, -0.25) is 9.59 Å². The van der Waals surface area contributed by atoms with Crippen LogP contribution in [-0.2, 0) is 16.0 Å². The lowest BCUT2D eigenvalue weighted by atomic mass is 9.85. The number of aliphatic carboxylic acids is 1. The van der Waals surface area contributed by atoms with Crippen molar-refractivity contribution in [2.24, 2.45) is 5.92 Å². The van der Waals surface area contributed by atoms with Crippen LogP contribution in [-0.4, -0.2) is 35.6 Å². The quantitative estimate of drug-likeness (QED) is 0.844. The Morgan fingerprint density at radius 3 is 2.68 bits per heavy atom. The number of benzene rings is 1. The van der Waals surface area contributed by atoms with Crippen LogP contribution in [0.15, 0.2) is 24.3 Å². The molecule has 0 spiro atoms. The Bertz CT molecular complexity index is 571. The average molecular weight is 304 g/mol. The summed E-state index contributed by atoms with van der Waals surface area (Å²) in [5, 5.41) is 12.0. The Hall–Kier alpha value is -2.04. The van der Waals surface area contributed by atoms with Crippen LogP contribution in [0.1, 0.15) is 32.8 Å². The van der Waals surface area contributed by atoms with E-state index in [9.17, 15) is 9.59 Å². The number of carboxylic acid groups (broad SMARTS) is 1. The van der Waals surface area contributed by atoms with Crippen LogP contribution < -0.4 is 10.2 Å². The molecule has 2 rings (SSSR count). The lowest BCUT2D eigenvalue weighted by Gasteiger charge is -2.34. The lowest BCUT2D eigenvalue weighted by molar-refractivity contribution is -0.139. The van der Waals surface area contributed by atoms with E-state index in [4.69, 9.17) is 5.11 Å². The normalized spacial score (nSPS) is 16.3. The molecule has 22 heavy (non-hydrogen) atoms. The Morgan fingerprint density at radius 1 is 1.36 bits per heavy atom. The van der Waals surface area contributed by atoms with E-state index in [0.717, 1.165) is 18.7 Å². The number of carbonyl (C=O) groups excluding carboxylic acids is 1. The number of para-hydroxylation sites is 1. The average Bonchev–Trinajstić information content (AvgIpc) is 2.81. The maximum absolute atomic E-state index is 12.4. The maximum Gasteiger partial charge on any atom is 0.305 e. The Morgan fingerprint density at radius 2 is 2.05 bits per heavy atom. The van der Waals surface area contributed by atoms with Crippen LogP contribution in [0.5, 0.6) is 0 Å². The third-order valence-electron chi connectivity index (χ3n) is 4.54. The first-order chi connectivity index (χ1) is 10.3. The molecule has 120 valence electrons. The van der Waals surface area contributed by atoms with Gasteiger partial charge in [0, 0.05) is 12.2 Å². The van der Waals surface area contributed by atoms with Crippen LogP contribution in [0.3, 0.4) is 0 Å². The summed E-state index contributed by atoms with van der Waals surface area (Å²) in [5.41, 5.74) is 1.62. The molecule has 1 amide bonds. The topological polar surface area (TPSA) is 69.6 Å². The first kappa shape index (κ1) is 16.3. The molecule has 1 aromatic rings. The molecule has 0 radical (unpaired) electrons. The summed E-state index contributed by atoms with van der Waals surface area (Å²) in [6.45, 7) is 6.73. The van der Waals surface area contributed by atoms with Crippen molar-refractivity contribution in [3.8, 4) is 0 Å². The lowest BCUT2D eigenvalue weighted by Crippen LogP contribution is -2.53. The van der Waals surface area contributed by atoms with Gasteiger partial charge in [0.2, 0.25) is 5.91 Å². The summed E-state index contributed by atoms with van der Waals surface area (Å²) in [6.07, 6.45) is 0.868. The fraction of sp³-hybridized carbons (Fsp3) is 0.529. The highest BCUT2D eigenvalue weighted by Crippen LogP contribution is 2.27. The third kappa shape index (κ3) is 3.59. The summed E-state index contributed by atoms with van der Waals surface area (Å²) in [7, 11) is 0. The molecular formula is C17H24N2O3. The van der Waals surface area contributed by atoms with E-state index in [1.807, 2.05) is 36.9 Å². The van der Waals surface area contributed by atoms with Gasteiger partial charge in [-0.2, -0.15) is 0 Å². The van der Waals surface area contributed by atoms with E-state index < -0.39 is 11.5 Å². The highest BCUT2D eigenvalue weighted by molar-refractivity contribution is 5.83. The van der Waals surface area contributed by atoms with Gasteiger partial charge < -0.3 is 15.3 Å². The second-order valence-electron chi connectivity index (χ2n) is 6.49. The van der Waals surface area contributed by atoms with Crippen LogP contribution in [0, 0.1) is 5.92 Å². The zero-order valence-corrected chi connectivity index (χ0v) is 13.4.